The maximum absolute atomic E-state index is 11.2. The van der Waals surface area contributed by atoms with Gasteiger partial charge in [0, 0.05) is 0 Å². The molecule has 0 spiro atoms. The number of aromatic nitrogens is 1. The minimum Gasteiger partial charge on any atom is -0.477 e. The topological polar surface area (TPSA) is 72.4 Å². The third kappa shape index (κ3) is 2.13. The van der Waals surface area contributed by atoms with Crippen LogP contribution in [0.4, 0.5) is 0 Å². The van der Waals surface area contributed by atoms with Crippen LogP contribution < -0.4 is 0 Å². The molecule has 2 rings (SSSR count). The van der Waals surface area contributed by atoms with E-state index in [1.54, 1.807) is 18.2 Å². The fourth-order valence-corrected chi connectivity index (χ4v) is 1.69. The predicted molar refractivity (Wildman–Crippen MR) is 59.8 cm³/mol. The van der Waals surface area contributed by atoms with Gasteiger partial charge >= 0.3 is 5.97 Å². The van der Waals surface area contributed by atoms with Crippen molar-refractivity contribution in [3.8, 4) is 11.5 Å². The van der Waals surface area contributed by atoms with Gasteiger partial charge in [0.2, 0.25) is 0 Å². The predicted octanol–water partition coefficient (Wildman–Crippen LogP) is 2.04. The van der Waals surface area contributed by atoms with Gasteiger partial charge in [-0.25, -0.2) is 4.79 Å². The van der Waals surface area contributed by atoms with Crippen LogP contribution >= 0.6 is 0 Å². The lowest BCUT2D eigenvalue weighted by atomic mass is 10.3. The van der Waals surface area contributed by atoms with Gasteiger partial charge in [-0.15, -0.1) is 0 Å². The lowest BCUT2D eigenvalue weighted by molar-refractivity contribution is -0.117. The molecule has 0 unspecified atom stereocenters. The molecule has 17 heavy (non-hydrogen) atoms. The summed E-state index contributed by atoms with van der Waals surface area (Å²) >= 11 is 0. The second-order valence-electron chi connectivity index (χ2n) is 3.67. The summed E-state index contributed by atoms with van der Waals surface area (Å²) in [4.78, 5) is 22.2. The summed E-state index contributed by atoms with van der Waals surface area (Å²) in [5.41, 5.74) is 0.661. The molecule has 0 saturated carbocycles. The van der Waals surface area contributed by atoms with Crippen molar-refractivity contribution in [1.29, 1.82) is 0 Å². The van der Waals surface area contributed by atoms with E-state index in [2.05, 4.69) is 0 Å². The lowest BCUT2D eigenvalue weighted by Gasteiger charge is -2.07. The second-order valence-corrected chi connectivity index (χ2v) is 3.67. The van der Waals surface area contributed by atoms with Crippen LogP contribution in [0.15, 0.2) is 34.9 Å². The van der Waals surface area contributed by atoms with Crippen molar-refractivity contribution >= 4 is 11.8 Å². The average molecular weight is 233 g/mol. The van der Waals surface area contributed by atoms with E-state index in [4.69, 9.17) is 9.52 Å². The largest absolute Gasteiger partial charge is 0.477 e. The number of carbonyl (C=O) groups is 2. The van der Waals surface area contributed by atoms with E-state index in [0.29, 0.717) is 11.5 Å². The Hall–Kier alpha value is -2.30. The minimum atomic E-state index is -1.07. The van der Waals surface area contributed by atoms with Gasteiger partial charge in [-0.1, -0.05) is 0 Å². The van der Waals surface area contributed by atoms with Crippen molar-refractivity contribution in [3.05, 3.63) is 36.2 Å². The van der Waals surface area contributed by atoms with Crippen LogP contribution in [0.3, 0.4) is 0 Å². The quantitative estimate of drug-likeness (QED) is 0.876. The zero-order chi connectivity index (χ0) is 12.4. The number of Topliss-reactive ketones (excluding diaryl/α,β-unsaturated/α-hetero) is 1. The molecule has 0 radical (unpaired) electrons. The number of hydrogen-bond acceptors (Lipinski definition) is 3. The van der Waals surface area contributed by atoms with E-state index in [1.807, 2.05) is 0 Å². The molecule has 0 fully saturated rings. The molecule has 2 heterocycles. The number of carboxylic acid groups (broad SMARTS) is 1. The van der Waals surface area contributed by atoms with Crippen LogP contribution in [-0.2, 0) is 11.3 Å². The Morgan fingerprint density at radius 3 is 2.65 bits per heavy atom. The molecule has 0 aliphatic rings. The van der Waals surface area contributed by atoms with Crippen molar-refractivity contribution in [2.45, 2.75) is 13.5 Å². The molecule has 0 bridgehead atoms. The molecule has 5 nitrogen and oxygen atoms in total. The van der Waals surface area contributed by atoms with E-state index >= 15 is 0 Å². The Kier molecular flexibility index (Phi) is 2.82. The van der Waals surface area contributed by atoms with Crippen LogP contribution in [0.1, 0.15) is 17.4 Å². The van der Waals surface area contributed by atoms with Crippen LogP contribution in [-0.4, -0.2) is 21.4 Å². The second kappa shape index (κ2) is 4.29. The van der Waals surface area contributed by atoms with Crippen LogP contribution in [0, 0.1) is 0 Å². The molecule has 0 aliphatic heterocycles. The third-order valence-electron chi connectivity index (χ3n) is 2.35. The van der Waals surface area contributed by atoms with Crippen LogP contribution in [0.5, 0.6) is 0 Å². The minimum absolute atomic E-state index is 0.0185. The highest BCUT2D eigenvalue weighted by Gasteiger charge is 2.17. The molecule has 0 amide bonds. The number of aromatic carboxylic acids is 1. The Morgan fingerprint density at radius 2 is 2.12 bits per heavy atom. The van der Waals surface area contributed by atoms with Gasteiger partial charge < -0.3 is 14.1 Å². The van der Waals surface area contributed by atoms with Gasteiger partial charge in [0.1, 0.15) is 17.2 Å². The lowest BCUT2D eigenvalue weighted by Crippen LogP contribution is -2.14. The van der Waals surface area contributed by atoms with Gasteiger partial charge in [-0.3, -0.25) is 4.79 Å². The average Bonchev–Trinajstić information content (AvgIpc) is 2.83. The van der Waals surface area contributed by atoms with Gasteiger partial charge in [-0.05, 0) is 31.2 Å². The van der Waals surface area contributed by atoms with Crippen molar-refractivity contribution in [1.82, 2.24) is 4.57 Å². The van der Waals surface area contributed by atoms with Crippen LogP contribution in [0.25, 0.3) is 11.5 Å². The molecule has 2 aromatic rings. The molecule has 0 atom stereocenters. The number of ketones is 1. The zero-order valence-corrected chi connectivity index (χ0v) is 9.21. The number of furan rings is 1. The molecule has 1 N–H and O–H groups in total. The SMILES string of the molecule is CC(=O)Cn1c(C(=O)O)ccc1-c1ccco1. The summed E-state index contributed by atoms with van der Waals surface area (Å²) in [5, 5.41) is 9.03. The van der Waals surface area contributed by atoms with Crippen molar-refractivity contribution < 1.29 is 19.1 Å². The first kappa shape index (κ1) is 11.2. The summed E-state index contributed by atoms with van der Waals surface area (Å²) in [6.45, 7) is 1.43. The molecule has 0 saturated heterocycles. The van der Waals surface area contributed by atoms with Gasteiger partial charge in [0.05, 0.1) is 18.5 Å². The molecular weight excluding hydrogens is 222 g/mol. The normalized spacial score (nSPS) is 10.4. The van der Waals surface area contributed by atoms with E-state index < -0.39 is 5.97 Å². The van der Waals surface area contributed by atoms with E-state index in [1.165, 1.54) is 23.8 Å². The fraction of sp³-hybridized carbons (Fsp3) is 0.167. The highest BCUT2D eigenvalue weighted by molar-refractivity contribution is 5.88. The van der Waals surface area contributed by atoms with E-state index in [-0.39, 0.29) is 18.0 Å². The zero-order valence-electron chi connectivity index (χ0n) is 9.21. The van der Waals surface area contributed by atoms with Crippen molar-refractivity contribution in [2.24, 2.45) is 0 Å². The van der Waals surface area contributed by atoms with Crippen molar-refractivity contribution in [3.63, 3.8) is 0 Å². The van der Waals surface area contributed by atoms with Crippen molar-refractivity contribution in [2.75, 3.05) is 0 Å². The number of carbonyl (C=O) groups excluding carboxylic acids is 1. The van der Waals surface area contributed by atoms with Gasteiger partial charge in [-0.2, -0.15) is 0 Å². The summed E-state index contributed by atoms with van der Waals surface area (Å²) < 4.78 is 6.64. The Bertz CT molecular complexity index is 551. The van der Waals surface area contributed by atoms with Gasteiger partial charge in [0.25, 0.3) is 0 Å². The number of hydrogen-bond donors (Lipinski definition) is 1. The monoisotopic (exact) mass is 233 g/mol. The highest BCUT2D eigenvalue weighted by atomic mass is 16.4. The molecular formula is C12H11NO4. The number of carboxylic acids is 1. The summed E-state index contributed by atoms with van der Waals surface area (Å²) in [7, 11) is 0. The summed E-state index contributed by atoms with van der Waals surface area (Å²) in [6.07, 6.45) is 1.50. The smallest absolute Gasteiger partial charge is 0.352 e. The number of rotatable bonds is 4. The Morgan fingerprint density at radius 1 is 1.35 bits per heavy atom. The first-order valence-corrected chi connectivity index (χ1v) is 5.05. The first-order chi connectivity index (χ1) is 8.09. The maximum atomic E-state index is 11.2. The van der Waals surface area contributed by atoms with Crippen LogP contribution in [0.2, 0.25) is 0 Å². The molecule has 0 aliphatic carbocycles. The Labute approximate surface area is 97.3 Å². The standard InChI is InChI=1S/C12H11NO4/c1-8(14)7-13-9(11-3-2-6-17-11)4-5-10(13)12(15)16/h2-6H,7H2,1H3,(H,15,16). The number of nitrogens with zero attached hydrogens (tertiary/aromatic N) is 1. The van der Waals surface area contributed by atoms with Gasteiger partial charge in [0.15, 0.2) is 0 Å². The van der Waals surface area contributed by atoms with E-state index in [0.717, 1.165) is 0 Å². The molecule has 0 aromatic carbocycles. The summed E-state index contributed by atoms with van der Waals surface area (Å²) in [6, 6.07) is 6.52. The molecule has 88 valence electrons. The van der Waals surface area contributed by atoms with E-state index in [9.17, 15) is 9.59 Å². The summed E-state index contributed by atoms with van der Waals surface area (Å²) in [5.74, 6) is -0.640. The Balaban J connectivity index is 2.53. The highest BCUT2D eigenvalue weighted by Crippen LogP contribution is 2.23. The fourth-order valence-electron chi connectivity index (χ4n) is 1.69. The third-order valence-corrected chi connectivity index (χ3v) is 2.35. The maximum Gasteiger partial charge on any atom is 0.352 e. The molecule has 5 heteroatoms. The molecule has 2 aromatic heterocycles. The first-order valence-electron chi connectivity index (χ1n) is 5.05.